The van der Waals surface area contributed by atoms with Gasteiger partial charge in [-0.1, -0.05) is 11.6 Å². The molecule has 1 N–H and O–H groups in total. The first-order chi connectivity index (χ1) is 9.78. The third-order valence-electron chi connectivity index (χ3n) is 3.84. The number of aromatic nitrogens is 2. The number of nitrogens with zero attached hydrogens (tertiary/aromatic N) is 2. The van der Waals surface area contributed by atoms with Gasteiger partial charge < -0.3 is 14.6 Å². The largest absolute Gasteiger partial charge is 0.370 e. The maximum absolute atomic E-state index is 6.08. The molecule has 0 atom stereocenters. The lowest BCUT2D eigenvalue weighted by Gasteiger charge is -2.22. The summed E-state index contributed by atoms with van der Waals surface area (Å²) < 4.78 is 8.20. The first kappa shape index (κ1) is 13.9. The molecule has 2 aromatic rings. The minimum atomic E-state index is 0.352. The molecule has 1 aliphatic rings. The number of hydrogen-bond acceptors (Lipinski definition) is 3. The Morgan fingerprint density at radius 1 is 1.40 bits per heavy atom. The standard InChI is InChI=1S/C15H20ClN3O/c1-2-19-14-9-11(16)3-4-13(14)18-15(19)10-20-12-5-7-17-8-6-12/h3-4,9,12,17H,2,5-8,10H2,1H3. The van der Waals surface area contributed by atoms with E-state index in [1.165, 1.54) is 0 Å². The van der Waals surface area contributed by atoms with Crippen molar-refractivity contribution >= 4 is 22.6 Å². The molecule has 4 nitrogen and oxygen atoms in total. The van der Waals surface area contributed by atoms with Crippen LogP contribution >= 0.6 is 11.6 Å². The molecule has 1 aliphatic heterocycles. The van der Waals surface area contributed by atoms with Gasteiger partial charge in [0.1, 0.15) is 12.4 Å². The maximum Gasteiger partial charge on any atom is 0.135 e. The number of ether oxygens (including phenoxy) is 1. The molecule has 0 aliphatic carbocycles. The Labute approximate surface area is 124 Å². The van der Waals surface area contributed by atoms with Gasteiger partial charge >= 0.3 is 0 Å². The minimum absolute atomic E-state index is 0.352. The van der Waals surface area contributed by atoms with Crippen LogP contribution in [0.2, 0.25) is 5.02 Å². The molecule has 1 aromatic heterocycles. The number of hydrogen-bond donors (Lipinski definition) is 1. The average Bonchev–Trinajstić information content (AvgIpc) is 2.83. The van der Waals surface area contributed by atoms with E-state index in [0.717, 1.165) is 54.4 Å². The van der Waals surface area contributed by atoms with Crippen molar-refractivity contribution in [2.75, 3.05) is 13.1 Å². The quantitative estimate of drug-likeness (QED) is 0.942. The number of imidazole rings is 1. The average molecular weight is 294 g/mol. The fraction of sp³-hybridized carbons (Fsp3) is 0.533. The van der Waals surface area contributed by atoms with Gasteiger partial charge in [-0.3, -0.25) is 0 Å². The predicted octanol–water partition coefficient (Wildman–Crippen LogP) is 2.98. The van der Waals surface area contributed by atoms with Gasteiger partial charge in [-0.2, -0.15) is 0 Å². The van der Waals surface area contributed by atoms with E-state index < -0.39 is 0 Å². The van der Waals surface area contributed by atoms with Crippen LogP contribution < -0.4 is 5.32 Å². The predicted molar refractivity (Wildman–Crippen MR) is 81.1 cm³/mol. The molecule has 0 spiro atoms. The van der Waals surface area contributed by atoms with E-state index in [9.17, 15) is 0 Å². The molecule has 0 saturated carbocycles. The summed E-state index contributed by atoms with van der Waals surface area (Å²) in [6.07, 6.45) is 2.51. The SMILES string of the molecule is CCn1c(COC2CCNCC2)nc2ccc(Cl)cc21. The van der Waals surface area contributed by atoms with Crippen molar-refractivity contribution in [3.63, 3.8) is 0 Å². The van der Waals surface area contributed by atoms with Crippen molar-refractivity contribution in [3.8, 4) is 0 Å². The van der Waals surface area contributed by atoms with Crippen LogP contribution in [0.3, 0.4) is 0 Å². The molecule has 1 saturated heterocycles. The van der Waals surface area contributed by atoms with Crippen LogP contribution in [0, 0.1) is 0 Å². The molecule has 5 heteroatoms. The minimum Gasteiger partial charge on any atom is -0.370 e. The van der Waals surface area contributed by atoms with E-state index in [2.05, 4.69) is 21.8 Å². The summed E-state index contributed by atoms with van der Waals surface area (Å²) in [6, 6.07) is 5.83. The topological polar surface area (TPSA) is 39.1 Å². The van der Waals surface area contributed by atoms with Gasteiger partial charge in [-0.15, -0.1) is 0 Å². The molecular formula is C15H20ClN3O. The van der Waals surface area contributed by atoms with Gasteiger partial charge in [-0.05, 0) is 51.1 Å². The van der Waals surface area contributed by atoms with Gasteiger partial charge in [0.15, 0.2) is 0 Å². The smallest absolute Gasteiger partial charge is 0.135 e. The molecule has 20 heavy (non-hydrogen) atoms. The second-order valence-electron chi connectivity index (χ2n) is 5.17. The van der Waals surface area contributed by atoms with Crippen LogP contribution in [0.4, 0.5) is 0 Å². The monoisotopic (exact) mass is 293 g/mol. The molecule has 1 fully saturated rings. The molecule has 2 heterocycles. The summed E-state index contributed by atoms with van der Waals surface area (Å²) in [5.41, 5.74) is 2.07. The third kappa shape index (κ3) is 2.82. The summed E-state index contributed by atoms with van der Waals surface area (Å²) in [7, 11) is 0. The highest BCUT2D eigenvalue weighted by Gasteiger charge is 2.16. The zero-order valence-electron chi connectivity index (χ0n) is 11.7. The van der Waals surface area contributed by atoms with Gasteiger partial charge in [0.25, 0.3) is 0 Å². The Morgan fingerprint density at radius 2 is 2.20 bits per heavy atom. The molecule has 108 valence electrons. The lowest BCUT2D eigenvalue weighted by molar-refractivity contribution is 0.0167. The first-order valence-corrected chi connectivity index (χ1v) is 7.62. The highest BCUT2D eigenvalue weighted by Crippen LogP contribution is 2.22. The second-order valence-corrected chi connectivity index (χ2v) is 5.60. The van der Waals surface area contributed by atoms with Crippen LogP contribution in [0.5, 0.6) is 0 Å². The van der Waals surface area contributed by atoms with Crippen molar-refractivity contribution in [3.05, 3.63) is 29.0 Å². The van der Waals surface area contributed by atoms with Crippen molar-refractivity contribution in [1.29, 1.82) is 0 Å². The Bertz CT molecular complexity index is 590. The highest BCUT2D eigenvalue weighted by atomic mass is 35.5. The van der Waals surface area contributed by atoms with E-state index >= 15 is 0 Å². The van der Waals surface area contributed by atoms with Crippen LogP contribution in [-0.4, -0.2) is 28.7 Å². The summed E-state index contributed by atoms with van der Waals surface area (Å²) >= 11 is 6.08. The van der Waals surface area contributed by atoms with E-state index in [0.29, 0.717) is 12.7 Å². The van der Waals surface area contributed by atoms with Crippen molar-refractivity contribution in [1.82, 2.24) is 14.9 Å². The first-order valence-electron chi connectivity index (χ1n) is 7.25. The fourth-order valence-electron chi connectivity index (χ4n) is 2.76. The Kier molecular flexibility index (Phi) is 4.24. The lowest BCUT2D eigenvalue weighted by Crippen LogP contribution is -2.32. The molecule has 1 aromatic carbocycles. The van der Waals surface area contributed by atoms with Crippen LogP contribution in [-0.2, 0) is 17.9 Å². The Hall–Kier alpha value is -1.10. The van der Waals surface area contributed by atoms with E-state index in [4.69, 9.17) is 16.3 Å². The molecule has 3 rings (SSSR count). The van der Waals surface area contributed by atoms with Crippen LogP contribution in [0.25, 0.3) is 11.0 Å². The Morgan fingerprint density at radius 3 is 2.95 bits per heavy atom. The highest BCUT2D eigenvalue weighted by molar-refractivity contribution is 6.31. The number of benzene rings is 1. The van der Waals surface area contributed by atoms with Crippen molar-refractivity contribution in [2.24, 2.45) is 0 Å². The summed E-state index contributed by atoms with van der Waals surface area (Å²) in [6.45, 7) is 5.66. The van der Waals surface area contributed by atoms with Gasteiger partial charge in [-0.25, -0.2) is 4.98 Å². The van der Waals surface area contributed by atoms with Crippen molar-refractivity contribution in [2.45, 2.75) is 39.0 Å². The zero-order valence-corrected chi connectivity index (χ0v) is 12.5. The summed E-state index contributed by atoms with van der Waals surface area (Å²) in [5, 5.41) is 4.10. The normalized spacial score (nSPS) is 16.9. The van der Waals surface area contributed by atoms with E-state index in [1.807, 2.05) is 18.2 Å². The molecule has 0 radical (unpaired) electrons. The van der Waals surface area contributed by atoms with Crippen LogP contribution in [0.15, 0.2) is 18.2 Å². The zero-order chi connectivity index (χ0) is 13.9. The second kappa shape index (κ2) is 6.12. The van der Waals surface area contributed by atoms with Crippen LogP contribution in [0.1, 0.15) is 25.6 Å². The van der Waals surface area contributed by atoms with Gasteiger partial charge in [0, 0.05) is 11.6 Å². The van der Waals surface area contributed by atoms with E-state index in [-0.39, 0.29) is 0 Å². The summed E-state index contributed by atoms with van der Waals surface area (Å²) in [5.74, 6) is 0.989. The number of aryl methyl sites for hydroxylation is 1. The number of fused-ring (bicyclic) bond motifs is 1. The molecule has 0 unspecified atom stereocenters. The van der Waals surface area contributed by atoms with Gasteiger partial charge in [0.05, 0.1) is 17.1 Å². The maximum atomic E-state index is 6.08. The number of nitrogens with one attached hydrogen (secondary N) is 1. The van der Waals surface area contributed by atoms with E-state index in [1.54, 1.807) is 0 Å². The van der Waals surface area contributed by atoms with Gasteiger partial charge in [0.2, 0.25) is 0 Å². The third-order valence-corrected chi connectivity index (χ3v) is 4.07. The number of rotatable bonds is 4. The summed E-state index contributed by atoms with van der Waals surface area (Å²) in [4.78, 5) is 4.67. The fourth-order valence-corrected chi connectivity index (χ4v) is 2.93. The lowest BCUT2D eigenvalue weighted by atomic mass is 10.1. The Balaban J connectivity index is 1.79. The molecular weight excluding hydrogens is 274 g/mol. The number of piperidine rings is 1. The molecule has 0 amide bonds. The number of halogens is 1. The molecule has 0 bridgehead atoms. The van der Waals surface area contributed by atoms with Crippen molar-refractivity contribution < 1.29 is 4.74 Å².